The zero-order chi connectivity index (χ0) is 50.0. The number of hydrogen-bond acceptors (Lipinski definition) is 10. The zero-order valence-electron chi connectivity index (χ0n) is 40.1. The maximum atomic E-state index is 12.1. The molecular formula is C55H68Cl2N8O6S2. The van der Waals surface area contributed by atoms with E-state index in [0.29, 0.717) is 73.3 Å². The Labute approximate surface area is 441 Å². The SMILES string of the molecule is C.C.CS(=O)(=O)N1CCC(C2c3ccc(Cl)cc3C=C(CCC(O)c3cnc[nH]3)c3cccnc32)CC1.Cn1cnc(C(O)CCC2=Cc3cc(Cl)ccc3C(C3CCN(S(C)(=O)=O)CC3)c3ncccc32)c1. The number of H-pyrrole nitrogens is 1. The van der Waals surface area contributed by atoms with Gasteiger partial charge in [0.05, 0.1) is 66.3 Å². The number of rotatable bonds is 12. The fraction of sp³-hybridized carbons (Fsp3) is 0.418. The summed E-state index contributed by atoms with van der Waals surface area (Å²) in [4.78, 5) is 21.1. The number of aromatic amines is 1. The molecule has 3 N–H and O–H groups in total. The molecule has 2 aromatic carbocycles. The Morgan fingerprint density at radius 3 is 1.56 bits per heavy atom. The van der Waals surface area contributed by atoms with Crippen LogP contribution >= 0.6 is 23.2 Å². The van der Waals surface area contributed by atoms with Crippen LogP contribution < -0.4 is 0 Å². The molecule has 6 heterocycles. The third-order valence-electron chi connectivity index (χ3n) is 14.6. The lowest BCUT2D eigenvalue weighted by Crippen LogP contribution is -2.39. The number of aryl methyl sites for hydroxylation is 1. The second-order valence-corrected chi connectivity index (χ2v) is 24.1. The number of pyridine rings is 2. The number of aromatic nitrogens is 6. The summed E-state index contributed by atoms with van der Waals surface area (Å²) in [5.41, 5.74) is 12.2. The minimum Gasteiger partial charge on any atom is -0.387 e. The molecule has 2 aliphatic heterocycles. The van der Waals surface area contributed by atoms with Gasteiger partial charge in [-0.05, 0) is 144 Å². The van der Waals surface area contributed by atoms with Gasteiger partial charge in [-0.3, -0.25) is 9.97 Å². The van der Waals surface area contributed by atoms with E-state index in [0.717, 1.165) is 81.6 Å². The van der Waals surface area contributed by atoms with Crippen molar-refractivity contribution in [2.75, 3.05) is 38.7 Å². The quantitative estimate of drug-likeness (QED) is 0.106. The molecule has 2 fully saturated rings. The van der Waals surface area contributed by atoms with Gasteiger partial charge in [-0.2, -0.15) is 0 Å². The number of aliphatic hydroxyl groups excluding tert-OH is 2. The number of aliphatic hydroxyl groups is 2. The van der Waals surface area contributed by atoms with Crippen molar-refractivity contribution >= 4 is 66.5 Å². The molecule has 0 amide bonds. The smallest absolute Gasteiger partial charge is 0.211 e. The second kappa shape index (κ2) is 23.7. The van der Waals surface area contributed by atoms with Crippen molar-refractivity contribution in [3.63, 3.8) is 0 Å². The van der Waals surface area contributed by atoms with E-state index in [9.17, 15) is 27.0 Å². The maximum absolute atomic E-state index is 12.1. The van der Waals surface area contributed by atoms with Crippen LogP contribution in [-0.2, 0) is 27.1 Å². The number of nitrogens with zero attached hydrogens (tertiary/aromatic N) is 7. The first-order chi connectivity index (χ1) is 34.0. The lowest BCUT2D eigenvalue weighted by atomic mass is 9.76. The van der Waals surface area contributed by atoms with E-state index in [2.05, 4.69) is 51.4 Å². The van der Waals surface area contributed by atoms with Crippen LogP contribution in [0.4, 0.5) is 0 Å². The van der Waals surface area contributed by atoms with Gasteiger partial charge < -0.3 is 19.8 Å². The normalized spacial score (nSPS) is 19.3. The Balaban J connectivity index is 0.000000208. The third kappa shape index (κ3) is 12.7. The number of benzene rings is 2. The zero-order valence-corrected chi connectivity index (χ0v) is 43.2. The highest BCUT2D eigenvalue weighted by Crippen LogP contribution is 2.48. The monoisotopic (exact) mass is 1070 g/mol. The van der Waals surface area contributed by atoms with Gasteiger partial charge in [0.15, 0.2) is 0 Å². The van der Waals surface area contributed by atoms with E-state index >= 15 is 0 Å². The first-order valence-corrected chi connectivity index (χ1v) is 28.6. The summed E-state index contributed by atoms with van der Waals surface area (Å²) in [5, 5.41) is 22.8. The predicted molar refractivity (Wildman–Crippen MR) is 293 cm³/mol. The Morgan fingerprint density at radius 1 is 0.685 bits per heavy atom. The van der Waals surface area contributed by atoms with Crippen LogP contribution in [0.1, 0.15) is 146 Å². The lowest BCUT2D eigenvalue weighted by molar-refractivity contribution is 0.165. The Morgan fingerprint density at radius 2 is 1.15 bits per heavy atom. The van der Waals surface area contributed by atoms with Gasteiger partial charge in [-0.25, -0.2) is 35.4 Å². The van der Waals surface area contributed by atoms with E-state index in [4.69, 9.17) is 33.2 Å². The van der Waals surface area contributed by atoms with Crippen LogP contribution in [0.2, 0.25) is 10.0 Å². The molecule has 10 rings (SSSR count). The number of sulfonamides is 2. The lowest BCUT2D eigenvalue weighted by Gasteiger charge is -2.35. The van der Waals surface area contributed by atoms with E-state index in [1.165, 1.54) is 12.5 Å². The van der Waals surface area contributed by atoms with E-state index in [1.54, 1.807) is 27.5 Å². The molecule has 0 bridgehead atoms. The highest BCUT2D eigenvalue weighted by molar-refractivity contribution is 7.88. The number of allylic oxidation sites excluding steroid dienone is 2. The summed E-state index contributed by atoms with van der Waals surface area (Å²) >= 11 is 12.9. The highest BCUT2D eigenvalue weighted by atomic mass is 35.5. The van der Waals surface area contributed by atoms with E-state index in [-0.39, 0.29) is 38.5 Å². The summed E-state index contributed by atoms with van der Waals surface area (Å²) in [6.07, 6.45) is 21.5. The largest absolute Gasteiger partial charge is 0.387 e. The molecule has 4 aliphatic rings. The molecule has 4 atom stereocenters. The van der Waals surface area contributed by atoms with Crippen molar-refractivity contribution in [3.8, 4) is 0 Å². The summed E-state index contributed by atoms with van der Waals surface area (Å²) < 4.78 is 53.3. The average molecular weight is 1070 g/mol. The summed E-state index contributed by atoms with van der Waals surface area (Å²) in [6, 6.07) is 20.1. The topological polar surface area (TPSA) is 188 Å². The van der Waals surface area contributed by atoms with Crippen molar-refractivity contribution in [2.24, 2.45) is 18.9 Å². The first kappa shape index (κ1) is 55.7. The van der Waals surface area contributed by atoms with Crippen LogP contribution in [0.5, 0.6) is 0 Å². The number of piperidine rings is 2. The predicted octanol–water partition coefficient (Wildman–Crippen LogP) is 10.5. The van der Waals surface area contributed by atoms with E-state index < -0.39 is 32.3 Å². The highest BCUT2D eigenvalue weighted by Gasteiger charge is 2.38. The molecular weight excluding hydrogens is 1000 g/mol. The van der Waals surface area contributed by atoms with Gasteiger partial charge >= 0.3 is 0 Å². The van der Waals surface area contributed by atoms with Gasteiger partial charge in [0.1, 0.15) is 0 Å². The molecule has 4 unspecified atom stereocenters. The molecule has 0 spiro atoms. The Kier molecular flexibility index (Phi) is 18.1. The van der Waals surface area contributed by atoms with Crippen LogP contribution in [0.3, 0.4) is 0 Å². The number of imidazole rings is 2. The van der Waals surface area contributed by atoms with Gasteiger partial charge in [-0.1, -0.05) is 74.5 Å². The number of hydrogen-bond donors (Lipinski definition) is 3. The van der Waals surface area contributed by atoms with Crippen molar-refractivity contribution in [3.05, 3.63) is 164 Å². The molecule has 4 aromatic heterocycles. The average Bonchev–Trinajstić information content (AvgIpc) is 4.01. The minimum atomic E-state index is -3.20. The van der Waals surface area contributed by atoms with Gasteiger partial charge in [0.25, 0.3) is 0 Å². The summed E-state index contributed by atoms with van der Waals surface area (Å²) in [6.45, 7) is 2.06. The first-order valence-electron chi connectivity index (χ1n) is 24.1. The second-order valence-electron chi connectivity index (χ2n) is 19.3. The molecule has 14 nitrogen and oxygen atoms in total. The molecule has 6 aromatic rings. The number of halogens is 2. The fourth-order valence-electron chi connectivity index (χ4n) is 11.0. The summed E-state index contributed by atoms with van der Waals surface area (Å²) in [7, 11) is -4.51. The molecule has 2 aliphatic carbocycles. The van der Waals surface area contributed by atoms with Gasteiger partial charge in [0, 0.05) is 73.7 Å². The van der Waals surface area contributed by atoms with Crippen LogP contribution in [0.25, 0.3) is 23.3 Å². The van der Waals surface area contributed by atoms with Crippen molar-refractivity contribution in [1.82, 2.24) is 38.1 Å². The molecule has 0 radical (unpaired) electrons. The molecule has 390 valence electrons. The standard InChI is InChI=1S/C27H31ClN4O3S.C26H29ClN4O3S.2CH4/c1-31-16-24(30-17-31)25(33)8-5-19-14-20-15-21(28)6-7-22(20)26(27-23(19)4-3-11-29-27)18-9-12-32(13-10-18)36(2,34)35;1-35(33,34)31-11-8-17(9-12-31)25-21-6-5-20(27)14-19(21)13-18(22-3-2-10-29-26(22)25)4-7-24(32)23-15-28-16-30-23;;/h3-4,6-7,11,14-18,25-26,33H,5,8-10,12-13H2,1-2H3;2-3,5-6,10,13-17,24-25,32H,4,7-9,11-12H2,1H3,(H,28,30);2*1H4. The van der Waals surface area contributed by atoms with Crippen molar-refractivity contribution in [1.29, 1.82) is 0 Å². The van der Waals surface area contributed by atoms with E-state index in [1.807, 2.05) is 66.6 Å². The van der Waals surface area contributed by atoms with Gasteiger partial charge in [-0.15, -0.1) is 0 Å². The molecule has 2 saturated heterocycles. The Bertz CT molecular complexity index is 3150. The number of fused-ring (bicyclic) bond motifs is 4. The Hall–Kier alpha value is -5.04. The molecule has 73 heavy (non-hydrogen) atoms. The molecule has 18 heteroatoms. The minimum absolute atomic E-state index is 0. The van der Waals surface area contributed by atoms with Crippen molar-refractivity contribution < 1.29 is 27.0 Å². The van der Waals surface area contributed by atoms with Crippen LogP contribution in [-0.4, -0.2) is 104 Å². The molecule has 0 saturated carbocycles. The summed E-state index contributed by atoms with van der Waals surface area (Å²) in [5.74, 6) is 0.574. The number of nitrogens with one attached hydrogen (secondary N) is 1. The fourth-order valence-corrected chi connectivity index (χ4v) is 13.1. The third-order valence-corrected chi connectivity index (χ3v) is 17.7. The van der Waals surface area contributed by atoms with Crippen molar-refractivity contribution in [2.45, 2.75) is 90.3 Å². The van der Waals surface area contributed by atoms with Crippen LogP contribution in [0, 0.1) is 11.8 Å². The van der Waals surface area contributed by atoms with Crippen LogP contribution in [0.15, 0.2) is 98.1 Å². The maximum Gasteiger partial charge on any atom is 0.211 e. The van der Waals surface area contributed by atoms with Gasteiger partial charge in [0.2, 0.25) is 20.0 Å².